The van der Waals surface area contributed by atoms with E-state index in [4.69, 9.17) is 15.9 Å². The number of phenolic OH excluding ortho intramolecular Hbond substituents is 1. The fourth-order valence-electron chi connectivity index (χ4n) is 5.64. The fourth-order valence-corrected chi connectivity index (χ4v) is 5.64. The molecule has 0 saturated carbocycles. The van der Waals surface area contributed by atoms with E-state index in [2.05, 4.69) is 42.9 Å². The van der Waals surface area contributed by atoms with Crippen molar-refractivity contribution in [1.82, 2.24) is 20.3 Å². The van der Waals surface area contributed by atoms with Crippen LogP contribution in [0.1, 0.15) is 24.1 Å². The molecule has 10 heteroatoms. The van der Waals surface area contributed by atoms with Crippen LogP contribution < -0.4 is 15.0 Å². The second-order valence-electron chi connectivity index (χ2n) is 9.82. The van der Waals surface area contributed by atoms with Gasteiger partial charge in [0.15, 0.2) is 5.82 Å². The number of aromatic hydroxyl groups is 1. The summed E-state index contributed by atoms with van der Waals surface area (Å²) in [5.41, 5.74) is -0.00455. The van der Waals surface area contributed by atoms with Gasteiger partial charge < -0.3 is 24.8 Å². The predicted octanol–water partition coefficient (Wildman–Crippen LogP) is 3.76. The molecule has 0 spiro atoms. The Kier molecular flexibility index (Phi) is 6.59. The first kappa shape index (κ1) is 25.8. The van der Waals surface area contributed by atoms with Crippen molar-refractivity contribution in [2.75, 3.05) is 38.8 Å². The largest absolute Gasteiger partial charge is 0.508 e. The van der Waals surface area contributed by atoms with E-state index >= 15 is 4.39 Å². The van der Waals surface area contributed by atoms with Gasteiger partial charge in [0, 0.05) is 43.2 Å². The smallest absolute Gasteiger partial charge is 0.318 e. The van der Waals surface area contributed by atoms with E-state index in [1.807, 2.05) is 0 Å². The van der Waals surface area contributed by atoms with Crippen LogP contribution in [0.25, 0.3) is 32.9 Å². The minimum Gasteiger partial charge on any atom is -0.508 e. The van der Waals surface area contributed by atoms with Crippen LogP contribution >= 0.6 is 0 Å². The second kappa shape index (κ2) is 10.2. The molecule has 2 atom stereocenters. The van der Waals surface area contributed by atoms with Gasteiger partial charge in [0.2, 0.25) is 0 Å². The molecule has 6 rings (SSSR count). The van der Waals surface area contributed by atoms with Crippen molar-refractivity contribution in [2.24, 2.45) is 0 Å². The molecule has 2 aromatic carbocycles. The zero-order chi connectivity index (χ0) is 28.0. The molecule has 2 N–H and O–H groups in total. The molecule has 40 heavy (non-hydrogen) atoms. The SMILES string of the molecule is C#Cc1c(F)ccc2cc(O)cc(-c3nc(C#CCOC)c4c(N5CC6CCC(C5)N6)nc(OC)nc4c3F)c12. The monoisotopic (exact) mass is 541 g/mol. The van der Waals surface area contributed by atoms with Gasteiger partial charge in [-0.1, -0.05) is 17.9 Å². The topological polar surface area (TPSA) is 92.6 Å². The van der Waals surface area contributed by atoms with Crippen molar-refractivity contribution in [1.29, 1.82) is 0 Å². The number of fused-ring (bicyclic) bond motifs is 4. The standard InChI is InChI=1S/C30H25F2N5O3/c1-4-20-22(31)10-7-16-12-19(38)13-21(24(16)20)27-26(32)28-25(23(34-27)6-5-11-39-2)29(36-30(35-28)40-3)37-14-17-8-9-18(15-37)33-17/h1,7,10,12-13,17-18,33,38H,8-9,11,14-15H2,2-3H3. The normalized spacial score (nSPS) is 18.0. The van der Waals surface area contributed by atoms with Crippen molar-refractivity contribution < 1.29 is 23.4 Å². The molecule has 2 aromatic heterocycles. The highest BCUT2D eigenvalue weighted by molar-refractivity contribution is 6.04. The number of hydrogen-bond donors (Lipinski definition) is 2. The molecule has 0 radical (unpaired) electrons. The molecule has 4 aromatic rings. The first-order chi connectivity index (χ1) is 19.4. The first-order valence-corrected chi connectivity index (χ1v) is 12.8. The molecule has 2 bridgehead atoms. The summed E-state index contributed by atoms with van der Waals surface area (Å²) in [6.07, 6.45) is 7.74. The maximum atomic E-state index is 16.6. The highest BCUT2D eigenvalue weighted by Crippen LogP contribution is 2.40. The third-order valence-electron chi connectivity index (χ3n) is 7.32. The number of halogens is 2. The molecule has 202 valence electrons. The highest BCUT2D eigenvalue weighted by atomic mass is 19.1. The summed E-state index contributed by atoms with van der Waals surface area (Å²) in [5, 5.41) is 15.1. The Balaban J connectivity index is 1.69. The molecular formula is C30H25F2N5O3. The summed E-state index contributed by atoms with van der Waals surface area (Å²) in [6.45, 7) is 1.45. The van der Waals surface area contributed by atoms with Crippen molar-refractivity contribution >= 4 is 27.5 Å². The second-order valence-corrected chi connectivity index (χ2v) is 9.82. The molecule has 4 heterocycles. The number of nitrogens with zero attached hydrogens (tertiary/aromatic N) is 4. The fraction of sp³-hybridized carbons (Fsp3) is 0.300. The third kappa shape index (κ3) is 4.32. The van der Waals surface area contributed by atoms with Gasteiger partial charge in [-0.3, -0.25) is 0 Å². The minimum atomic E-state index is -0.800. The molecule has 8 nitrogen and oxygen atoms in total. The number of methoxy groups -OCH3 is 2. The van der Waals surface area contributed by atoms with Gasteiger partial charge in [0.05, 0.1) is 18.1 Å². The van der Waals surface area contributed by atoms with E-state index < -0.39 is 11.6 Å². The number of phenols is 1. The number of anilines is 1. The number of rotatable bonds is 4. The molecule has 0 aliphatic carbocycles. The zero-order valence-corrected chi connectivity index (χ0v) is 21.9. The highest BCUT2D eigenvalue weighted by Gasteiger charge is 2.35. The van der Waals surface area contributed by atoms with E-state index in [0.717, 1.165) is 12.8 Å². The Bertz CT molecular complexity index is 1760. The van der Waals surface area contributed by atoms with Crippen molar-refractivity contribution in [3.05, 3.63) is 47.2 Å². The quantitative estimate of drug-likeness (QED) is 0.378. The van der Waals surface area contributed by atoms with Gasteiger partial charge in [-0.25, -0.2) is 13.8 Å². The van der Waals surface area contributed by atoms with Crippen LogP contribution in [0.15, 0.2) is 24.3 Å². The Hall–Kier alpha value is -4.51. The van der Waals surface area contributed by atoms with Gasteiger partial charge in [-0.2, -0.15) is 9.97 Å². The van der Waals surface area contributed by atoms with E-state index in [-0.39, 0.29) is 63.9 Å². The minimum absolute atomic E-state index is 0.0173. The van der Waals surface area contributed by atoms with E-state index in [1.165, 1.54) is 38.5 Å². The summed E-state index contributed by atoms with van der Waals surface area (Å²) in [7, 11) is 2.93. The Morgan fingerprint density at radius 2 is 1.88 bits per heavy atom. The molecule has 0 amide bonds. The zero-order valence-electron chi connectivity index (χ0n) is 21.9. The summed E-state index contributed by atoms with van der Waals surface area (Å²) >= 11 is 0. The molecule has 2 saturated heterocycles. The molecular weight excluding hydrogens is 516 g/mol. The number of piperazine rings is 1. The average Bonchev–Trinajstić information content (AvgIpc) is 3.30. The van der Waals surface area contributed by atoms with Crippen LogP contribution in [-0.2, 0) is 4.74 Å². The first-order valence-electron chi connectivity index (χ1n) is 12.8. The van der Waals surface area contributed by atoms with E-state index in [1.54, 1.807) is 0 Å². The Morgan fingerprint density at radius 1 is 1.10 bits per heavy atom. The van der Waals surface area contributed by atoms with Gasteiger partial charge >= 0.3 is 6.01 Å². The molecule has 2 fully saturated rings. The third-order valence-corrected chi connectivity index (χ3v) is 7.32. The van der Waals surface area contributed by atoms with Gasteiger partial charge in [0.1, 0.15) is 40.9 Å². The van der Waals surface area contributed by atoms with Crippen LogP contribution in [0.4, 0.5) is 14.6 Å². The number of benzene rings is 2. The molecule has 2 aliphatic rings. The lowest BCUT2D eigenvalue weighted by Crippen LogP contribution is -2.51. The van der Waals surface area contributed by atoms with Crippen LogP contribution in [0.2, 0.25) is 0 Å². The Morgan fingerprint density at radius 3 is 2.58 bits per heavy atom. The lowest BCUT2D eigenvalue weighted by molar-refractivity contribution is 0.240. The molecule has 2 unspecified atom stereocenters. The number of hydrogen-bond acceptors (Lipinski definition) is 8. The lowest BCUT2D eigenvalue weighted by Gasteiger charge is -2.34. The van der Waals surface area contributed by atoms with Crippen LogP contribution in [-0.4, -0.2) is 66.1 Å². The van der Waals surface area contributed by atoms with E-state index in [9.17, 15) is 9.50 Å². The number of ether oxygens (including phenoxy) is 2. The number of terminal acetylenes is 1. The summed E-state index contributed by atoms with van der Waals surface area (Å²) in [5.74, 6) is 7.10. The average molecular weight is 542 g/mol. The Labute approximate surface area is 229 Å². The van der Waals surface area contributed by atoms with Gasteiger partial charge in [-0.15, -0.1) is 6.42 Å². The number of aromatic nitrogens is 3. The summed E-state index contributed by atoms with van der Waals surface area (Å²) < 4.78 is 41.9. The van der Waals surface area contributed by atoms with Crippen LogP contribution in [0.5, 0.6) is 11.8 Å². The number of nitrogens with one attached hydrogen (secondary N) is 1. The number of pyridine rings is 1. The maximum absolute atomic E-state index is 16.6. The van der Waals surface area contributed by atoms with Crippen molar-refractivity contribution in [3.63, 3.8) is 0 Å². The lowest BCUT2D eigenvalue weighted by atomic mass is 9.95. The van der Waals surface area contributed by atoms with Crippen molar-refractivity contribution in [3.8, 4) is 47.2 Å². The van der Waals surface area contributed by atoms with Gasteiger partial charge in [-0.05, 0) is 42.3 Å². The predicted molar refractivity (Wildman–Crippen MR) is 147 cm³/mol. The van der Waals surface area contributed by atoms with Crippen LogP contribution in [0, 0.1) is 35.8 Å². The maximum Gasteiger partial charge on any atom is 0.318 e. The van der Waals surface area contributed by atoms with Gasteiger partial charge in [0.25, 0.3) is 0 Å². The van der Waals surface area contributed by atoms with Crippen LogP contribution in [0.3, 0.4) is 0 Å². The van der Waals surface area contributed by atoms with Crippen molar-refractivity contribution in [2.45, 2.75) is 24.9 Å². The summed E-state index contributed by atoms with van der Waals surface area (Å²) in [6, 6.07) is 5.96. The van der Waals surface area contributed by atoms with E-state index in [0.29, 0.717) is 29.7 Å². The summed E-state index contributed by atoms with van der Waals surface area (Å²) in [4.78, 5) is 15.7. The molecule has 2 aliphatic heterocycles.